The summed E-state index contributed by atoms with van der Waals surface area (Å²) < 4.78 is 10.7. The van der Waals surface area contributed by atoms with Crippen LogP contribution >= 0.6 is 35.3 Å². The average Bonchev–Trinajstić information content (AvgIpc) is 3.15. The Morgan fingerprint density at radius 2 is 1.86 bits per heavy atom. The van der Waals surface area contributed by atoms with Crippen molar-refractivity contribution in [2.45, 2.75) is 46.1 Å². The highest BCUT2D eigenvalue weighted by molar-refractivity contribution is 14.0. The molecule has 2 rings (SSSR count). The van der Waals surface area contributed by atoms with Crippen LogP contribution in [0.15, 0.2) is 28.6 Å². The van der Waals surface area contributed by atoms with E-state index >= 15 is 0 Å². The fourth-order valence-corrected chi connectivity index (χ4v) is 3.52. The Labute approximate surface area is 195 Å². The van der Waals surface area contributed by atoms with Crippen molar-refractivity contribution in [2.75, 3.05) is 27.3 Å². The summed E-state index contributed by atoms with van der Waals surface area (Å²) in [7, 11) is 3.30. The van der Waals surface area contributed by atoms with Gasteiger partial charge in [-0.15, -0.1) is 35.3 Å². The minimum Gasteiger partial charge on any atom is -0.493 e. The fraction of sp³-hybridized carbons (Fsp3) is 0.524. The van der Waals surface area contributed by atoms with Crippen molar-refractivity contribution in [2.24, 2.45) is 4.99 Å². The third-order valence-corrected chi connectivity index (χ3v) is 5.02. The monoisotopic (exact) mass is 532 g/mol. The summed E-state index contributed by atoms with van der Waals surface area (Å²) in [5.41, 5.74) is 2.37. The number of nitrogens with one attached hydrogen (secondary N) is 2. The van der Waals surface area contributed by atoms with Gasteiger partial charge in [0, 0.05) is 23.9 Å². The Hall–Kier alpha value is -1.55. The molecule has 0 saturated carbocycles. The van der Waals surface area contributed by atoms with Gasteiger partial charge in [0.25, 0.3) is 0 Å². The van der Waals surface area contributed by atoms with Gasteiger partial charge in [-0.25, -0.2) is 9.98 Å². The summed E-state index contributed by atoms with van der Waals surface area (Å²) in [6.07, 6.45) is 0.857. The van der Waals surface area contributed by atoms with E-state index in [9.17, 15) is 0 Å². The van der Waals surface area contributed by atoms with Crippen molar-refractivity contribution in [1.29, 1.82) is 0 Å². The zero-order chi connectivity index (χ0) is 20.6. The van der Waals surface area contributed by atoms with Crippen LogP contribution < -0.4 is 20.1 Å². The average molecular weight is 532 g/mol. The second kappa shape index (κ2) is 12.2. The van der Waals surface area contributed by atoms with Gasteiger partial charge in [-0.1, -0.05) is 26.8 Å². The molecule has 1 heterocycles. The molecule has 8 heteroatoms. The predicted octanol–water partition coefficient (Wildman–Crippen LogP) is 4.37. The maximum atomic E-state index is 5.37. The number of guanidine groups is 1. The lowest BCUT2D eigenvalue weighted by Gasteiger charge is -2.14. The lowest BCUT2D eigenvalue weighted by Crippen LogP contribution is -2.38. The van der Waals surface area contributed by atoms with Crippen molar-refractivity contribution in [1.82, 2.24) is 15.6 Å². The van der Waals surface area contributed by atoms with E-state index < -0.39 is 0 Å². The fourth-order valence-electron chi connectivity index (χ4n) is 2.58. The molecule has 6 nitrogen and oxygen atoms in total. The van der Waals surface area contributed by atoms with Crippen LogP contribution in [0.25, 0.3) is 0 Å². The number of benzene rings is 1. The van der Waals surface area contributed by atoms with Crippen LogP contribution in [-0.2, 0) is 18.4 Å². The number of hydrogen-bond acceptors (Lipinski definition) is 5. The molecule has 1 aromatic carbocycles. The molecular weight excluding hydrogens is 499 g/mol. The maximum absolute atomic E-state index is 5.37. The van der Waals surface area contributed by atoms with Crippen molar-refractivity contribution >= 4 is 41.3 Å². The Morgan fingerprint density at radius 1 is 1.14 bits per heavy atom. The lowest BCUT2D eigenvalue weighted by atomic mass is 9.93. The van der Waals surface area contributed by atoms with E-state index in [1.54, 1.807) is 25.6 Å². The summed E-state index contributed by atoms with van der Waals surface area (Å²) >= 11 is 1.67. The third-order valence-electron chi connectivity index (χ3n) is 4.19. The first-order valence-electron chi connectivity index (χ1n) is 9.55. The molecule has 162 valence electrons. The number of aliphatic imine (C=N–C) groups is 1. The number of methoxy groups -OCH3 is 2. The second-order valence-electron chi connectivity index (χ2n) is 7.44. The maximum Gasteiger partial charge on any atom is 0.191 e. The van der Waals surface area contributed by atoms with E-state index in [4.69, 9.17) is 14.5 Å². The Kier molecular flexibility index (Phi) is 10.7. The van der Waals surface area contributed by atoms with Gasteiger partial charge in [0.15, 0.2) is 17.5 Å². The first-order valence-corrected chi connectivity index (χ1v) is 10.4. The van der Waals surface area contributed by atoms with E-state index in [1.165, 1.54) is 5.56 Å². The molecule has 0 atom stereocenters. The van der Waals surface area contributed by atoms with Gasteiger partial charge in [0.2, 0.25) is 0 Å². The topological polar surface area (TPSA) is 67.8 Å². The van der Waals surface area contributed by atoms with Gasteiger partial charge >= 0.3 is 0 Å². The van der Waals surface area contributed by atoms with E-state index in [0.717, 1.165) is 47.7 Å². The zero-order valence-electron chi connectivity index (χ0n) is 18.2. The van der Waals surface area contributed by atoms with Crippen LogP contribution in [0.4, 0.5) is 0 Å². The molecule has 2 aromatic rings. The SMILES string of the molecule is CCNC(=NCc1nc(C(C)(C)C)cs1)NCCc1ccc(OC)c(OC)c1.I. The minimum atomic E-state index is 0. The number of nitrogens with zero attached hydrogens (tertiary/aromatic N) is 2. The first-order chi connectivity index (χ1) is 13.4. The summed E-state index contributed by atoms with van der Waals surface area (Å²) in [5.74, 6) is 2.29. The van der Waals surface area contributed by atoms with Crippen LogP contribution in [0.2, 0.25) is 0 Å². The van der Waals surface area contributed by atoms with E-state index in [1.807, 2.05) is 12.1 Å². The highest BCUT2D eigenvalue weighted by Gasteiger charge is 2.17. The zero-order valence-corrected chi connectivity index (χ0v) is 21.3. The van der Waals surface area contributed by atoms with Gasteiger partial charge in [-0.2, -0.15) is 0 Å². The van der Waals surface area contributed by atoms with Crippen LogP contribution in [0.1, 0.15) is 44.0 Å². The van der Waals surface area contributed by atoms with Crippen molar-refractivity contribution < 1.29 is 9.47 Å². The second-order valence-corrected chi connectivity index (χ2v) is 8.38. The van der Waals surface area contributed by atoms with Gasteiger partial charge in [-0.3, -0.25) is 0 Å². The standard InChI is InChI=1S/C21H32N4O2S.HI/c1-7-22-20(24-13-19-25-18(14-28-19)21(2,3)4)23-11-10-15-8-9-16(26-5)17(12-15)27-6;/h8-9,12,14H,7,10-11,13H2,1-6H3,(H2,22,23,24);1H. The molecule has 0 spiro atoms. The highest BCUT2D eigenvalue weighted by Crippen LogP contribution is 2.27. The molecule has 2 N–H and O–H groups in total. The minimum absolute atomic E-state index is 0. The summed E-state index contributed by atoms with van der Waals surface area (Å²) in [4.78, 5) is 9.38. The summed E-state index contributed by atoms with van der Waals surface area (Å²) in [6, 6.07) is 5.99. The van der Waals surface area contributed by atoms with Gasteiger partial charge < -0.3 is 20.1 Å². The van der Waals surface area contributed by atoms with Gasteiger partial charge in [0.05, 0.1) is 26.5 Å². The largest absolute Gasteiger partial charge is 0.493 e. The molecule has 0 aliphatic heterocycles. The van der Waals surface area contributed by atoms with Crippen molar-refractivity contribution in [3.05, 3.63) is 39.8 Å². The predicted molar refractivity (Wildman–Crippen MR) is 132 cm³/mol. The number of rotatable bonds is 8. The molecule has 0 aliphatic rings. The van der Waals surface area contributed by atoms with Crippen LogP contribution in [0, 0.1) is 0 Å². The first kappa shape index (κ1) is 25.5. The molecule has 0 radical (unpaired) electrons. The normalized spacial score (nSPS) is 11.6. The molecule has 0 amide bonds. The quantitative estimate of drug-likeness (QED) is 0.300. The molecule has 0 aliphatic carbocycles. The Balaban J connectivity index is 0.00000420. The van der Waals surface area contributed by atoms with Crippen LogP contribution in [0.3, 0.4) is 0 Å². The highest BCUT2D eigenvalue weighted by atomic mass is 127. The van der Waals surface area contributed by atoms with E-state index in [0.29, 0.717) is 6.54 Å². The number of ether oxygens (including phenoxy) is 2. The Morgan fingerprint density at radius 3 is 2.45 bits per heavy atom. The van der Waals surface area contributed by atoms with Gasteiger partial charge in [-0.05, 0) is 31.0 Å². The number of aromatic nitrogens is 1. The molecule has 0 unspecified atom stereocenters. The van der Waals surface area contributed by atoms with Gasteiger partial charge in [0.1, 0.15) is 5.01 Å². The molecule has 0 saturated heterocycles. The van der Waals surface area contributed by atoms with Crippen molar-refractivity contribution in [3.8, 4) is 11.5 Å². The van der Waals surface area contributed by atoms with Crippen LogP contribution in [-0.4, -0.2) is 38.3 Å². The van der Waals surface area contributed by atoms with E-state index in [2.05, 4.69) is 54.8 Å². The van der Waals surface area contributed by atoms with E-state index in [-0.39, 0.29) is 29.4 Å². The van der Waals surface area contributed by atoms with Crippen molar-refractivity contribution in [3.63, 3.8) is 0 Å². The summed E-state index contributed by atoms with van der Waals surface area (Å²) in [5, 5.41) is 9.83. The number of thiazole rings is 1. The van der Waals surface area contributed by atoms with Crippen LogP contribution in [0.5, 0.6) is 11.5 Å². The number of halogens is 1. The smallest absolute Gasteiger partial charge is 0.191 e. The summed E-state index contributed by atoms with van der Waals surface area (Å²) in [6.45, 7) is 10.7. The molecule has 0 fully saturated rings. The Bertz CT molecular complexity index is 787. The molecular formula is C21H33IN4O2S. The molecule has 1 aromatic heterocycles. The number of hydrogen-bond donors (Lipinski definition) is 2. The lowest BCUT2D eigenvalue weighted by molar-refractivity contribution is 0.354. The molecule has 29 heavy (non-hydrogen) atoms. The molecule has 0 bridgehead atoms. The third kappa shape index (κ3) is 8.00.